The number of nitrogens with zero attached hydrogens (tertiary/aromatic N) is 1. The minimum Gasteiger partial charge on any atom is -0.454 e. The number of aryl methyl sites for hydroxylation is 1. The normalized spacial score (nSPS) is 19.1. The molecule has 1 saturated carbocycles. The van der Waals surface area contributed by atoms with Crippen LogP contribution >= 0.6 is 0 Å². The van der Waals surface area contributed by atoms with Crippen LogP contribution in [0, 0.1) is 6.92 Å². The van der Waals surface area contributed by atoms with Gasteiger partial charge in [0.15, 0.2) is 12.4 Å². The van der Waals surface area contributed by atoms with Gasteiger partial charge < -0.3 is 10.1 Å². The number of rotatable bonds is 7. The van der Waals surface area contributed by atoms with Crippen molar-refractivity contribution in [3.63, 3.8) is 0 Å². The first-order valence-electron chi connectivity index (χ1n) is 11.4. The van der Waals surface area contributed by atoms with Crippen molar-refractivity contribution in [2.24, 2.45) is 0 Å². The molecule has 2 aromatic carbocycles. The number of amides is 2. The Labute approximate surface area is 193 Å². The topological polar surface area (TPSA) is 92.8 Å². The van der Waals surface area contributed by atoms with Crippen molar-refractivity contribution in [2.75, 3.05) is 11.5 Å². The van der Waals surface area contributed by atoms with Crippen molar-refractivity contribution >= 4 is 29.3 Å². The number of anilines is 1. The summed E-state index contributed by atoms with van der Waals surface area (Å²) in [6.45, 7) is 1.57. The number of carbonyl (C=O) groups is 4. The van der Waals surface area contributed by atoms with E-state index in [9.17, 15) is 19.2 Å². The van der Waals surface area contributed by atoms with Crippen LogP contribution in [-0.2, 0) is 14.3 Å². The van der Waals surface area contributed by atoms with Gasteiger partial charge in [0, 0.05) is 11.6 Å². The summed E-state index contributed by atoms with van der Waals surface area (Å²) >= 11 is 0. The predicted molar refractivity (Wildman–Crippen MR) is 123 cm³/mol. The zero-order valence-corrected chi connectivity index (χ0v) is 18.7. The molecular weight excluding hydrogens is 420 g/mol. The molecule has 0 spiro atoms. The Hall–Kier alpha value is -3.32. The van der Waals surface area contributed by atoms with Crippen molar-refractivity contribution in [2.45, 2.75) is 57.5 Å². The molecule has 33 heavy (non-hydrogen) atoms. The second-order valence-electron chi connectivity index (χ2n) is 8.74. The van der Waals surface area contributed by atoms with Crippen LogP contribution in [0.15, 0.2) is 48.5 Å². The SMILES string of the molecule is Cc1ccc(C(=O)COC(=O)c2ccc(N3C(=O)CC(NC4CCCCC4)C3=O)cc2)cc1. The third kappa shape index (κ3) is 5.37. The number of esters is 1. The molecule has 1 N–H and O–H groups in total. The van der Waals surface area contributed by atoms with Gasteiger partial charge in [-0.3, -0.25) is 14.4 Å². The molecule has 0 bridgehead atoms. The Kier molecular flexibility index (Phi) is 6.99. The molecule has 2 fully saturated rings. The van der Waals surface area contributed by atoms with Crippen LogP contribution in [0.5, 0.6) is 0 Å². The first-order chi connectivity index (χ1) is 15.9. The lowest BCUT2D eigenvalue weighted by molar-refractivity contribution is -0.121. The van der Waals surface area contributed by atoms with E-state index in [2.05, 4.69) is 5.32 Å². The van der Waals surface area contributed by atoms with Crippen molar-refractivity contribution in [1.82, 2.24) is 5.32 Å². The first-order valence-corrected chi connectivity index (χ1v) is 11.4. The fourth-order valence-electron chi connectivity index (χ4n) is 4.37. The first kappa shape index (κ1) is 22.9. The molecule has 1 aliphatic carbocycles. The lowest BCUT2D eigenvalue weighted by Gasteiger charge is -2.25. The summed E-state index contributed by atoms with van der Waals surface area (Å²) in [6.07, 6.45) is 5.70. The molecule has 7 heteroatoms. The van der Waals surface area contributed by atoms with Crippen LogP contribution in [0.3, 0.4) is 0 Å². The number of ketones is 1. The molecule has 2 amide bonds. The summed E-state index contributed by atoms with van der Waals surface area (Å²) in [7, 11) is 0. The lowest BCUT2D eigenvalue weighted by Crippen LogP contribution is -2.44. The van der Waals surface area contributed by atoms with E-state index in [1.165, 1.54) is 23.5 Å². The second kappa shape index (κ2) is 10.1. The molecule has 1 atom stereocenters. The van der Waals surface area contributed by atoms with E-state index in [-0.39, 0.29) is 42.2 Å². The van der Waals surface area contributed by atoms with Crippen LogP contribution < -0.4 is 10.2 Å². The maximum absolute atomic E-state index is 12.9. The summed E-state index contributed by atoms with van der Waals surface area (Å²) in [6, 6.07) is 12.9. The van der Waals surface area contributed by atoms with Gasteiger partial charge in [0.2, 0.25) is 5.91 Å². The maximum Gasteiger partial charge on any atom is 0.338 e. The molecule has 7 nitrogen and oxygen atoms in total. The van der Waals surface area contributed by atoms with Gasteiger partial charge >= 0.3 is 5.97 Å². The zero-order chi connectivity index (χ0) is 23.4. The number of Topliss-reactive ketones (excluding diaryl/α,β-unsaturated/α-hetero) is 1. The van der Waals surface area contributed by atoms with E-state index < -0.39 is 12.0 Å². The highest BCUT2D eigenvalue weighted by atomic mass is 16.5. The second-order valence-corrected chi connectivity index (χ2v) is 8.74. The van der Waals surface area contributed by atoms with Gasteiger partial charge in [-0.25, -0.2) is 9.69 Å². The molecule has 2 aromatic rings. The van der Waals surface area contributed by atoms with Gasteiger partial charge in [0.05, 0.1) is 23.7 Å². The molecule has 172 valence electrons. The van der Waals surface area contributed by atoms with Crippen molar-refractivity contribution in [3.05, 3.63) is 65.2 Å². The van der Waals surface area contributed by atoms with Crippen molar-refractivity contribution in [1.29, 1.82) is 0 Å². The van der Waals surface area contributed by atoms with E-state index in [0.717, 1.165) is 31.2 Å². The summed E-state index contributed by atoms with van der Waals surface area (Å²) in [5.74, 6) is -1.44. The molecule has 4 rings (SSSR count). The highest BCUT2D eigenvalue weighted by Crippen LogP contribution is 2.25. The van der Waals surface area contributed by atoms with Crippen LogP contribution in [0.25, 0.3) is 0 Å². The highest BCUT2D eigenvalue weighted by Gasteiger charge is 2.40. The van der Waals surface area contributed by atoms with Gasteiger partial charge in [0.1, 0.15) is 0 Å². The quantitative estimate of drug-likeness (QED) is 0.395. The van der Waals surface area contributed by atoms with Gasteiger partial charge in [-0.05, 0) is 44.0 Å². The molecular formula is C26H28N2O5. The lowest BCUT2D eigenvalue weighted by atomic mass is 9.95. The van der Waals surface area contributed by atoms with Gasteiger partial charge in [0.25, 0.3) is 5.91 Å². The minimum absolute atomic E-state index is 0.139. The molecule has 0 aromatic heterocycles. The molecule has 0 radical (unpaired) electrons. The van der Waals surface area contributed by atoms with E-state index >= 15 is 0 Å². The number of hydrogen-bond acceptors (Lipinski definition) is 6. The van der Waals surface area contributed by atoms with E-state index in [0.29, 0.717) is 11.3 Å². The maximum atomic E-state index is 12.9. The van der Waals surface area contributed by atoms with E-state index in [4.69, 9.17) is 4.74 Å². The van der Waals surface area contributed by atoms with E-state index in [1.54, 1.807) is 24.3 Å². The Bertz CT molecular complexity index is 1040. The number of nitrogens with one attached hydrogen (secondary N) is 1. The molecule has 1 aliphatic heterocycles. The summed E-state index contributed by atoms with van der Waals surface area (Å²) in [4.78, 5) is 51.1. The van der Waals surface area contributed by atoms with E-state index in [1.807, 2.05) is 19.1 Å². The molecule has 1 heterocycles. The number of imide groups is 1. The highest BCUT2D eigenvalue weighted by molar-refractivity contribution is 6.22. The Morgan fingerprint density at radius 1 is 0.939 bits per heavy atom. The number of hydrogen-bond donors (Lipinski definition) is 1. The average molecular weight is 449 g/mol. The smallest absolute Gasteiger partial charge is 0.338 e. The Balaban J connectivity index is 1.34. The van der Waals surface area contributed by atoms with Crippen LogP contribution in [-0.4, -0.2) is 42.3 Å². The monoisotopic (exact) mass is 448 g/mol. The standard InChI is InChI=1S/C26H28N2O5/c1-17-7-9-18(10-8-17)23(29)16-33-26(32)19-11-13-21(14-12-19)28-24(30)15-22(25(28)31)27-20-5-3-2-4-6-20/h7-14,20,22,27H,2-6,15-16H2,1H3. The summed E-state index contributed by atoms with van der Waals surface area (Å²) in [5, 5.41) is 3.35. The zero-order valence-electron chi connectivity index (χ0n) is 18.7. The molecule has 1 unspecified atom stereocenters. The third-order valence-electron chi connectivity index (χ3n) is 6.26. The summed E-state index contributed by atoms with van der Waals surface area (Å²) in [5.41, 5.74) is 2.18. The fourth-order valence-corrected chi connectivity index (χ4v) is 4.37. The van der Waals surface area contributed by atoms with Crippen molar-refractivity contribution in [3.8, 4) is 0 Å². The van der Waals surface area contributed by atoms with Crippen LogP contribution in [0.2, 0.25) is 0 Å². The van der Waals surface area contributed by atoms with Gasteiger partial charge in [-0.2, -0.15) is 0 Å². The Morgan fingerprint density at radius 3 is 2.24 bits per heavy atom. The van der Waals surface area contributed by atoms with Crippen LogP contribution in [0.1, 0.15) is 64.8 Å². The largest absolute Gasteiger partial charge is 0.454 e. The number of ether oxygens (including phenoxy) is 1. The summed E-state index contributed by atoms with van der Waals surface area (Å²) < 4.78 is 5.14. The fraction of sp³-hybridized carbons (Fsp3) is 0.385. The van der Waals surface area contributed by atoms with Crippen molar-refractivity contribution < 1.29 is 23.9 Å². The molecule has 1 saturated heterocycles. The molecule has 2 aliphatic rings. The number of carbonyl (C=O) groups excluding carboxylic acids is 4. The predicted octanol–water partition coefficient (Wildman–Crippen LogP) is 3.59. The van der Waals surface area contributed by atoms with Gasteiger partial charge in [-0.1, -0.05) is 49.1 Å². The Morgan fingerprint density at radius 2 is 1.58 bits per heavy atom. The third-order valence-corrected chi connectivity index (χ3v) is 6.26. The minimum atomic E-state index is -0.641. The average Bonchev–Trinajstić information content (AvgIpc) is 3.11. The van der Waals surface area contributed by atoms with Crippen LogP contribution in [0.4, 0.5) is 5.69 Å². The van der Waals surface area contributed by atoms with Gasteiger partial charge in [-0.15, -0.1) is 0 Å². The number of benzene rings is 2.